The van der Waals surface area contributed by atoms with Gasteiger partial charge in [0.15, 0.2) is 5.82 Å². The smallest absolute Gasteiger partial charge is 0.214 e. The molecule has 2 heterocycles. The van der Waals surface area contributed by atoms with Crippen molar-refractivity contribution in [2.24, 2.45) is 0 Å². The molecule has 4 heteroatoms. The Kier molecular flexibility index (Phi) is 2.00. The van der Waals surface area contributed by atoms with Crippen molar-refractivity contribution in [2.45, 2.75) is 0 Å². The van der Waals surface area contributed by atoms with Crippen molar-refractivity contribution < 1.29 is 4.52 Å². The molecule has 2 aromatic heterocycles. The Morgan fingerprint density at radius 3 is 3.08 bits per heavy atom. The molecule has 0 atom stereocenters. The normalized spacial score (nSPS) is 11.0. The Morgan fingerprint density at radius 2 is 2.42 bits per heavy atom. The molecule has 3 nitrogen and oxygen atoms in total. The molecule has 0 aliphatic rings. The van der Waals surface area contributed by atoms with Crippen LogP contribution in [0.2, 0.25) is 0 Å². The third kappa shape index (κ3) is 1.60. The van der Waals surface area contributed by atoms with Gasteiger partial charge in [0.05, 0.1) is 0 Å². The monoisotopic (exact) mass is 178 g/mol. The lowest BCUT2D eigenvalue weighted by Crippen LogP contribution is -1.71. The van der Waals surface area contributed by atoms with Crippen LogP contribution in [0.15, 0.2) is 28.4 Å². The third-order valence-electron chi connectivity index (χ3n) is 1.32. The van der Waals surface area contributed by atoms with Gasteiger partial charge in [-0.05, 0) is 23.6 Å². The van der Waals surface area contributed by atoms with Crippen LogP contribution in [0.4, 0.5) is 0 Å². The Labute approximate surface area is 73.4 Å². The van der Waals surface area contributed by atoms with Crippen molar-refractivity contribution >= 4 is 23.5 Å². The Hall–Kier alpha value is -1.42. The maximum atomic E-state index is 4.58. The fraction of sp³-hybridized carbons (Fsp3) is 0. The van der Waals surface area contributed by atoms with Gasteiger partial charge in [0.1, 0.15) is 0 Å². The standard InChI is InChI=1S/C8H6N2OS/c1-2-7(12-5-1)3-4-8-9-6-11-10-8/h1-6H/b4-3+. The largest absolute Gasteiger partial charge is 0.342 e. The zero-order valence-corrected chi connectivity index (χ0v) is 6.99. The van der Waals surface area contributed by atoms with Gasteiger partial charge in [-0.2, -0.15) is 4.98 Å². The van der Waals surface area contributed by atoms with Gasteiger partial charge >= 0.3 is 0 Å². The van der Waals surface area contributed by atoms with E-state index in [2.05, 4.69) is 14.7 Å². The number of rotatable bonds is 2. The minimum atomic E-state index is 0.600. The molecule has 0 saturated carbocycles. The summed E-state index contributed by atoms with van der Waals surface area (Å²) in [5.41, 5.74) is 0. The highest BCUT2D eigenvalue weighted by molar-refractivity contribution is 7.10. The minimum absolute atomic E-state index is 0.600. The molecule has 0 radical (unpaired) electrons. The molecule has 0 spiro atoms. The molecule has 0 unspecified atom stereocenters. The van der Waals surface area contributed by atoms with Gasteiger partial charge in [0.2, 0.25) is 6.39 Å². The molecule has 0 aromatic carbocycles. The van der Waals surface area contributed by atoms with E-state index in [9.17, 15) is 0 Å². The second-order valence-electron chi connectivity index (χ2n) is 2.14. The summed E-state index contributed by atoms with van der Waals surface area (Å²) in [6.07, 6.45) is 5.08. The number of hydrogen-bond donors (Lipinski definition) is 0. The summed E-state index contributed by atoms with van der Waals surface area (Å²) < 4.78 is 4.58. The highest BCUT2D eigenvalue weighted by Crippen LogP contribution is 2.11. The molecule has 2 aromatic rings. The van der Waals surface area contributed by atoms with Crippen LogP contribution in [0, 0.1) is 0 Å². The lowest BCUT2D eigenvalue weighted by atomic mass is 10.4. The second-order valence-corrected chi connectivity index (χ2v) is 3.12. The summed E-state index contributed by atoms with van der Waals surface area (Å²) >= 11 is 1.67. The summed E-state index contributed by atoms with van der Waals surface area (Å²) in [5.74, 6) is 0.600. The second kappa shape index (κ2) is 3.32. The lowest BCUT2D eigenvalue weighted by Gasteiger charge is -1.79. The first kappa shape index (κ1) is 7.24. The maximum absolute atomic E-state index is 4.58. The summed E-state index contributed by atoms with van der Waals surface area (Å²) in [6, 6.07) is 4.03. The minimum Gasteiger partial charge on any atom is -0.342 e. The van der Waals surface area contributed by atoms with Crippen LogP contribution in [0.25, 0.3) is 12.2 Å². The number of thiophene rings is 1. The number of aromatic nitrogens is 2. The van der Waals surface area contributed by atoms with Gasteiger partial charge in [-0.1, -0.05) is 11.2 Å². The molecule has 2 rings (SSSR count). The van der Waals surface area contributed by atoms with Crippen LogP contribution >= 0.6 is 11.3 Å². The molecular formula is C8H6N2OS. The van der Waals surface area contributed by atoms with Gasteiger partial charge in [-0.3, -0.25) is 0 Å². The topological polar surface area (TPSA) is 38.9 Å². The molecule has 0 bridgehead atoms. The van der Waals surface area contributed by atoms with E-state index in [-0.39, 0.29) is 0 Å². The molecule has 0 fully saturated rings. The molecule has 0 N–H and O–H groups in total. The molecular weight excluding hydrogens is 172 g/mol. The Morgan fingerprint density at radius 1 is 1.42 bits per heavy atom. The van der Waals surface area contributed by atoms with Gasteiger partial charge in [0, 0.05) is 4.88 Å². The van der Waals surface area contributed by atoms with Gasteiger partial charge in [-0.25, -0.2) is 0 Å². The average molecular weight is 178 g/mol. The molecule has 12 heavy (non-hydrogen) atoms. The maximum Gasteiger partial charge on any atom is 0.214 e. The van der Waals surface area contributed by atoms with Crippen LogP contribution in [-0.2, 0) is 0 Å². The molecule has 60 valence electrons. The fourth-order valence-electron chi connectivity index (χ4n) is 0.795. The van der Waals surface area contributed by atoms with Gasteiger partial charge < -0.3 is 4.52 Å². The zero-order valence-electron chi connectivity index (χ0n) is 6.18. The van der Waals surface area contributed by atoms with E-state index in [0.29, 0.717) is 5.82 Å². The number of nitrogens with zero attached hydrogens (tertiary/aromatic N) is 2. The Balaban J connectivity index is 2.14. The summed E-state index contributed by atoms with van der Waals surface area (Å²) in [7, 11) is 0. The zero-order chi connectivity index (χ0) is 8.23. The molecule has 0 aliphatic heterocycles. The van der Waals surface area contributed by atoms with E-state index in [1.807, 2.05) is 29.7 Å². The van der Waals surface area contributed by atoms with E-state index < -0.39 is 0 Å². The summed E-state index contributed by atoms with van der Waals surface area (Å²) in [4.78, 5) is 5.04. The average Bonchev–Trinajstić information content (AvgIpc) is 2.74. The Bertz CT molecular complexity index is 314. The lowest BCUT2D eigenvalue weighted by molar-refractivity contribution is 0.415. The third-order valence-corrected chi connectivity index (χ3v) is 2.16. The van der Waals surface area contributed by atoms with E-state index in [1.54, 1.807) is 11.3 Å². The summed E-state index contributed by atoms with van der Waals surface area (Å²) in [6.45, 7) is 0. The van der Waals surface area contributed by atoms with Crippen LogP contribution < -0.4 is 0 Å². The predicted molar refractivity (Wildman–Crippen MR) is 47.5 cm³/mol. The van der Waals surface area contributed by atoms with E-state index in [1.165, 1.54) is 11.3 Å². The molecule has 0 amide bonds. The van der Waals surface area contributed by atoms with Crippen molar-refractivity contribution in [1.82, 2.24) is 10.1 Å². The highest BCUT2D eigenvalue weighted by atomic mass is 32.1. The van der Waals surface area contributed by atoms with E-state index in [4.69, 9.17) is 0 Å². The van der Waals surface area contributed by atoms with Crippen LogP contribution in [0.5, 0.6) is 0 Å². The molecule has 0 saturated heterocycles. The van der Waals surface area contributed by atoms with Crippen LogP contribution in [0.1, 0.15) is 10.7 Å². The highest BCUT2D eigenvalue weighted by Gasteiger charge is 1.90. The van der Waals surface area contributed by atoms with Crippen molar-refractivity contribution in [2.75, 3.05) is 0 Å². The summed E-state index contributed by atoms with van der Waals surface area (Å²) in [5, 5.41) is 5.67. The molecule has 0 aliphatic carbocycles. The first-order valence-electron chi connectivity index (χ1n) is 3.43. The SMILES string of the molecule is C(=C\c1cccs1)/c1ncon1. The van der Waals surface area contributed by atoms with Gasteiger partial charge in [0.25, 0.3) is 0 Å². The van der Waals surface area contributed by atoms with E-state index >= 15 is 0 Å². The van der Waals surface area contributed by atoms with Crippen molar-refractivity contribution in [1.29, 1.82) is 0 Å². The predicted octanol–water partition coefficient (Wildman–Crippen LogP) is 2.30. The van der Waals surface area contributed by atoms with Crippen LogP contribution in [-0.4, -0.2) is 10.1 Å². The van der Waals surface area contributed by atoms with Crippen molar-refractivity contribution in [3.8, 4) is 0 Å². The fourth-order valence-corrected chi connectivity index (χ4v) is 1.41. The van der Waals surface area contributed by atoms with E-state index in [0.717, 1.165) is 0 Å². The number of hydrogen-bond acceptors (Lipinski definition) is 4. The first-order valence-corrected chi connectivity index (χ1v) is 4.31. The van der Waals surface area contributed by atoms with Crippen LogP contribution in [0.3, 0.4) is 0 Å². The van der Waals surface area contributed by atoms with Crippen molar-refractivity contribution in [3.63, 3.8) is 0 Å². The first-order chi connectivity index (χ1) is 5.95. The van der Waals surface area contributed by atoms with Gasteiger partial charge in [-0.15, -0.1) is 11.3 Å². The van der Waals surface area contributed by atoms with Crippen molar-refractivity contribution in [3.05, 3.63) is 34.6 Å². The quantitative estimate of drug-likeness (QED) is 0.708.